The average Bonchev–Trinajstić information content (AvgIpc) is 2.91. The number of benzene rings is 2. The lowest BCUT2D eigenvalue weighted by Gasteiger charge is -2.06. The second-order valence-electron chi connectivity index (χ2n) is 5.54. The van der Waals surface area contributed by atoms with Gasteiger partial charge in [-0.05, 0) is 48.9 Å². The van der Waals surface area contributed by atoms with E-state index in [0.29, 0.717) is 28.1 Å². The van der Waals surface area contributed by atoms with E-state index >= 15 is 0 Å². The highest BCUT2D eigenvalue weighted by Crippen LogP contribution is 2.16. The van der Waals surface area contributed by atoms with Gasteiger partial charge in [-0.2, -0.15) is 5.10 Å². The van der Waals surface area contributed by atoms with Crippen molar-refractivity contribution in [1.29, 1.82) is 0 Å². The topological polar surface area (TPSA) is 59.0 Å². The van der Waals surface area contributed by atoms with Crippen LogP contribution in [-0.4, -0.2) is 15.8 Å². The summed E-state index contributed by atoms with van der Waals surface area (Å²) in [4.78, 5) is 12.1. The number of rotatable bonds is 4. The number of amides is 2. The van der Waals surface area contributed by atoms with Gasteiger partial charge in [0.2, 0.25) is 0 Å². The molecular weight excluding hydrogens is 359 g/mol. The molecule has 0 saturated heterocycles. The summed E-state index contributed by atoms with van der Waals surface area (Å²) in [5.74, 6) is 0.484. The second-order valence-corrected chi connectivity index (χ2v) is 6.41. The molecule has 2 amide bonds. The van der Waals surface area contributed by atoms with Crippen LogP contribution in [0.5, 0.6) is 0 Å². The van der Waals surface area contributed by atoms with E-state index in [1.54, 1.807) is 24.3 Å². The van der Waals surface area contributed by atoms with Crippen LogP contribution >= 0.6 is 23.2 Å². The normalized spacial score (nSPS) is 10.5. The third-order valence-electron chi connectivity index (χ3n) is 3.57. The molecule has 0 saturated carbocycles. The molecule has 0 aliphatic rings. The van der Waals surface area contributed by atoms with Crippen molar-refractivity contribution in [2.75, 3.05) is 10.6 Å². The van der Waals surface area contributed by atoms with Crippen LogP contribution in [0.3, 0.4) is 0 Å². The highest BCUT2D eigenvalue weighted by atomic mass is 35.5. The molecule has 0 radical (unpaired) electrons. The van der Waals surface area contributed by atoms with Crippen LogP contribution in [0.25, 0.3) is 0 Å². The van der Waals surface area contributed by atoms with E-state index in [1.165, 1.54) is 0 Å². The standard InChI is InChI=1S/C18H16Cl2N4O/c1-12-10-17(22-18(25)21-16-8-6-15(20)7-9-16)23-24(12)11-13-2-4-14(19)5-3-13/h2-10H,11H2,1H3,(H2,21,22,23,25). The van der Waals surface area contributed by atoms with Crippen LogP contribution in [0.1, 0.15) is 11.3 Å². The molecule has 7 heteroatoms. The molecule has 0 spiro atoms. The number of hydrogen-bond donors (Lipinski definition) is 2. The summed E-state index contributed by atoms with van der Waals surface area (Å²) in [6.07, 6.45) is 0. The van der Waals surface area contributed by atoms with E-state index in [-0.39, 0.29) is 6.03 Å². The first-order valence-electron chi connectivity index (χ1n) is 7.62. The fourth-order valence-corrected chi connectivity index (χ4v) is 2.56. The van der Waals surface area contributed by atoms with Gasteiger partial charge in [-0.25, -0.2) is 4.79 Å². The Bertz CT molecular complexity index is 873. The minimum absolute atomic E-state index is 0.363. The highest BCUT2D eigenvalue weighted by Gasteiger charge is 2.09. The maximum atomic E-state index is 12.1. The maximum Gasteiger partial charge on any atom is 0.324 e. The van der Waals surface area contributed by atoms with Gasteiger partial charge in [-0.1, -0.05) is 35.3 Å². The van der Waals surface area contributed by atoms with Crippen LogP contribution in [0.4, 0.5) is 16.3 Å². The number of carbonyl (C=O) groups excluding carboxylic acids is 1. The molecule has 3 rings (SSSR count). The van der Waals surface area contributed by atoms with E-state index in [4.69, 9.17) is 23.2 Å². The lowest BCUT2D eigenvalue weighted by atomic mass is 10.2. The first-order chi connectivity index (χ1) is 12.0. The average molecular weight is 375 g/mol. The Morgan fingerprint density at radius 1 is 1.00 bits per heavy atom. The number of halogens is 2. The molecule has 128 valence electrons. The Kier molecular flexibility index (Phi) is 5.26. The van der Waals surface area contributed by atoms with Crippen LogP contribution in [0, 0.1) is 6.92 Å². The van der Waals surface area contributed by atoms with E-state index in [0.717, 1.165) is 11.3 Å². The van der Waals surface area contributed by atoms with Crippen LogP contribution in [-0.2, 0) is 6.54 Å². The Morgan fingerprint density at radius 2 is 1.60 bits per heavy atom. The molecule has 0 bridgehead atoms. The Balaban J connectivity index is 1.64. The van der Waals surface area contributed by atoms with Crippen molar-refractivity contribution in [3.8, 4) is 0 Å². The van der Waals surface area contributed by atoms with Gasteiger partial charge >= 0.3 is 6.03 Å². The SMILES string of the molecule is Cc1cc(NC(=O)Nc2ccc(Cl)cc2)nn1Cc1ccc(Cl)cc1. The lowest BCUT2D eigenvalue weighted by Crippen LogP contribution is -2.19. The van der Waals surface area contributed by atoms with Crippen molar-refractivity contribution in [3.05, 3.63) is 75.9 Å². The van der Waals surface area contributed by atoms with Gasteiger partial charge < -0.3 is 5.32 Å². The summed E-state index contributed by atoms with van der Waals surface area (Å²) < 4.78 is 1.82. The maximum absolute atomic E-state index is 12.1. The van der Waals surface area contributed by atoms with Crippen LogP contribution < -0.4 is 10.6 Å². The minimum Gasteiger partial charge on any atom is -0.308 e. The highest BCUT2D eigenvalue weighted by molar-refractivity contribution is 6.30. The molecule has 0 unspecified atom stereocenters. The number of carbonyl (C=O) groups is 1. The molecule has 1 aromatic heterocycles. The summed E-state index contributed by atoms with van der Waals surface area (Å²) in [7, 11) is 0. The lowest BCUT2D eigenvalue weighted by molar-refractivity contribution is 0.262. The fourth-order valence-electron chi connectivity index (χ4n) is 2.31. The summed E-state index contributed by atoms with van der Waals surface area (Å²) in [6, 6.07) is 15.9. The molecule has 3 aromatic rings. The van der Waals surface area contributed by atoms with Gasteiger partial charge in [0.15, 0.2) is 5.82 Å². The zero-order valence-corrected chi connectivity index (χ0v) is 15.0. The second kappa shape index (κ2) is 7.59. The van der Waals surface area contributed by atoms with E-state index in [2.05, 4.69) is 15.7 Å². The number of hydrogen-bond acceptors (Lipinski definition) is 2. The molecule has 0 atom stereocenters. The Morgan fingerprint density at radius 3 is 2.24 bits per heavy atom. The van der Waals surface area contributed by atoms with Gasteiger partial charge in [-0.15, -0.1) is 0 Å². The molecule has 0 aliphatic heterocycles. The van der Waals surface area contributed by atoms with Gasteiger partial charge in [-0.3, -0.25) is 10.00 Å². The van der Waals surface area contributed by atoms with Crippen molar-refractivity contribution in [2.24, 2.45) is 0 Å². The fraction of sp³-hybridized carbons (Fsp3) is 0.111. The zero-order chi connectivity index (χ0) is 17.8. The number of nitrogens with one attached hydrogen (secondary N) is 2. The first kappa shape index (κ1) is 17.3. The molecule has 0 aliphatic carbocycles. The summed E-state index contributed by atoms with van der Waals surface area (Å²) in [5.41, 5.74) is 2.67. The first-order valence-corrected chi connectivity index (χ1v) is 8.38. The molecular formula is C18H16Cl2N4O. The molecule has 5 nitrogen and oxygen atoms in total. The van der Waals surface area contributed by atoms with Crippen molar-refractivity contribution in [1.82, 2.24) is 9.78 Å². The number of aryl methyl sites for hydroxylation is 1. The summed E-state index contributed by atoms with van der Waals surface area (Å²) in [5, 5.41) is 11.2. The van der Waals surface area contributed by atoms with Crippen molar-refractivity contribution >= 4 is 40.7 Å². The monoisotopic (exact) mass is 374 g/mol. The quantitative estimate of drug-likeness (QED) is 0.659. The van der Waals surface area contributed by atoms with Gasteiger partial charge in [0.25, 0.3) is 0 Å². The van der Waals surface area contributed by atoms with Crippen LogP contribution in [0.15, 0.2) is 54.6 Å². The zero-order valence-electron chi connectivity index (χ0n) is 13.5. The van der Waals surface area contributed by atoms with Crippen molar-refractivity contribution in [3.63, 3.8) is 0 Å². The molecule has 25 heavy (non-hydrogen) atoms. The van der Waals surface area contributed by atoms with Gasteiger partial charge in [0.1, 0.15) is 0 Å². The predicted octanol–water partition coefficient (Wildman–Crippen LogP) is 5.19. The van der Waals surface area contributed by atoms with Gasteiger partial charge in [0.05, 0.1) is 6.54 Å². The largest absolute Gasteiger partial charge is 0.324 e. The molecule has 1 heterocycles. The van der Waals surface area contributed by atoms with Crippen LogP contribution in [0.2, 0.25) is 10.0 Å². The Hall–Kier alpha value is -2.50. The predicted molar refractivity (Wildman–Crippen MR) is 102 cm³/mol. The molecule has 2 N–H and O–H groups in total. The number of nitrogens with zero attached hydrogens (tertiary/aromatic N) is 2. The third-order valence-corrected chi connectivity index (χ3v) is 4.07. The summed E-state index contributed by atoms with van der Waals surface area (Å²) >= 11 is 11.7. The number of aromatic nitrogens is 2. The van der Waals surface area contributed by atoms with Gasteiger partial charge in [0, 0.05) is 27.5 Å². The molecule has 2 aromatic carbocycles. The third kappa shape index (κ3) is 4.75. The van der Waals surface area contributed by atoms with Crippen molar-refractivity contribution < 1.29 is 4.79 Å². The van der Waals surface area contributed by atoms with E-state index in [1.807, 2.05) is 41.9 Å². The van der Waals surface area contributed by atoms with E-state index in [9.17, 15) is 4.79 Å². The van der Waals surface area contributed by atoms with Crippen molar-refractivity contribution in [2.45, 2.75) is 13.5 Å². The molecule has 0 fully saturated rings. The Labute approximate surface area is 155 Å². The van der Waals surface area contributed by atoms with E-state index < -0.39 is 0 Å². The number of anilines is 2. The minimum atomic E-state index is -0.363. The summed E-state index contributed by atoms with van der Waals surface area (Å²) in [6.45, 7) is 2.54. The number of urea groups is 1. The smallest absolute Gasteiger partial charge is 0.308 e.